The maximum atomic E-state index is 13.2. The minimum atomic E-state index is -0.948. The van der Waals surface area contributed by atoms with Crippen LogP contribution < -0.4 is 15.0 Å². The molecule has 0 atom stereocenters. The molecule has 2 aromatic carbocycles. The Bertz CT molecular complexity index is 1050. The van der Waals surface area contributed by atoms with Crippen molar-refractivity contribution in [1.29, 1.82) is 0 Å². The van der Waals surface area contributed by atoms with Gasteiger partial charge in [-0.3, -0.25) is 14.9 Å². The van der Waals surface area contributed by atoms with Crippen LogP contribution in [0.1, 0.15) is 5.56 Å². The molecular weight excluding hydrogens is 422 g/mol. The van der Waals surface area contributed by atoms with E-state index in [1.165, 1.54) is 36.4 Å². The number of imide groups is 2. The molecule has 1 fully saturated rings. The van der Waals surface area contributed by atoms with Crippen LogP contribution in [-0.2, 0) is 9.59 Å². The maximum Gasteiger partial charge on any atom is 0.335 e. The molecule has 0 radical (unpaired) electrons. The maximum absolute atomic E-state index is 13.2. The number of hydrogen-bond acceptors (Lipinski definition) is 4. The van der Waals surface area contributed by atoms with Crippen molar-refractivity contribution in [2.75, 3.05) is 11.5 Å². The van der Waals surface area contributed by atoms with Gasteiger partial charge in [0.25, 0.3) is 11.8 Å². The number of hydrogen-bond donors (Lipinski definition) is 1. The number of amides is 4. The van der Waals surface area contributed by atoms with Gasteiger partial charge in [-0.1, -0.05) is 35.9 Å². The molecule has 1 N–H and O–H groups in total. The third-order valence-corrected chi connectivity index (χ3v) is 4.37. The van der Waals surface area contributed by atoms with E-state index in [1.807, 2.05) is 0 Å². The quantitative estimate of drug-likeness (QED) is 0.430. The molecule has 4 amide bonds. The molecule has 9 heteroatoms. The third-order valence-electron chi connectivity index (χ3n) is 3.87. The van der Waals surface area contributed by atoms with Crippen LogP contribution in [0.15, 0.2) is 54.6 Å². The molecule has 0 saturated carbocycles. The highest BCUT2D eigenvalue weighted by Gasteiger charge is 2.37. The molecule has 0 aliphatic carbocycles. The summed E-state index contributed by atoms with van der Waals surface area (Å²) in [4.78, 5) is 38.1. The third kappa shape index (κ3) is 4.31. The Morgan fingerprint density at radius 3 is 2.48 bits per heavy atom. The van der Waals surface area contributed by atoms with Crippen LogP contribution in [0.5, 0.6) is 5.75 Å². The first-order chi connectivity index (χ1) is 13.8. The standard InChI is InChI=1S/C20H13Cl2FN2O4/c1-2-7-29-17-11(8-12(21)10-16(17)22)9-15-18(26)24-20(28)25(19(15)27)14-5-3-13(23)4-6-14/h2-6,8-10H,1,7H2,(H,24,26,28)/b15-9+. The number of ether oxygens (including phenoxy) is 1. The lowest BCUT2D eigenvalue weighted by molar-refractivity contribution is -0.122. The summed E-state index contributed by atoms with van der Waals surface area (Å²) >= 11 is 12.2. The minimum Gasteiger partial charge on any atom is -0.487 e. The number of barbiturate groups is 1. The van der Waals surface area contributed by atoms with Gasteiger partial charge >= 0.3 is 6.03 Å². The van der Waals surface area contributed by atoms with Gasteiger partial charge in [-0.2, -0.15) is 0 Å². The minimum absolute atomic E-state index is 0.0968. The van der Waals surface area contributed by atoms with Crippen LogP contribution in [0.2, 0.25) is 10.0 Å². The summed E-state index contributed by atoms with van der Waals surface area (Å²) in [6, 6.07) is 6.63. The monoisotopic (exact) mass is 434 g/mol. The molecule has 0 spiro atoms. The molecule has 1 aliphatic rings. The molecule has 1 aliphatic heterocycles. The summed E-state index contributed by atoms with van der Waals surface area (Å²) in [6.45, 7) is 3.67. The number of nitrogens with one attached hydrogen (secondary N) is 1. The van der Waals surface area contributed by atoms with Crippen molar-refractivity contribution in [2.45, 2.75) is 0 Å². The van der Waals surface area contributed by atoms with Gasteiger partial charge in [0.05, 0.1) is 10.7 Å². The van der Waals surface area contributed by atoms with Crippen molar-refractivity contribution in [3.8, 4) is 5.75 Å². The van der Waals surface area contributed by atoms with Crippen molar-refractivity contribution >= 4 is 52.8 Å². The zero-order valence-electron chi connectivity index (χ0n) is 14.7. The fraction of sp³-hybridized carbons (Fsp3) is 0.0500. The van der Waals surface area contributed by atoms with E-state index in [9.17, 15) is 18.8 Å². The van der Waals surface area contributed by atoms with E-state index < -0.39 is 23.7 Å². The van der Waals surface area contributed by atoms with Gasteiger partial charge in [0.1, 0.15) is 23.7 Å². The average Bonchev–Trinajstić information content (AvgIpc) is 2.65. The van der Waals surface area contributed by atoms with Gasteiger partial charge in [-0.25, -0.2) is 14.1 Å². The number of rotatable bonds is 5. The first kappa shape index (κ1) is 20.6. The normalized spacial score (nSPS) is 15.5. The van der Waals surface area contributed by atoms with Gasteiger partial charge in [0, 0.05) is 10.6 Å². The van der Waals surface area contributed by atoms with Crippen LogP contribution in [0.25, 0.3) is 6.08 Å². The highest BCUT2D eigenvalue weighted by atomic mass is 35.5. The molecule has 1 saturated heterocycles. The second kappa shape index (κ2) is 8.46. The number of carbonyl (C=O) groups is 3. The predicted molar refractivity (Wildman–Crippen MR) is 108 cm³/mol. The number of nitrogens with zero attached hydrogens (tertiary/aromatic N) is 1. The smallest absolute Gasteiger partial charge is 0.335 e. The lowest BCUT2D eigenvalue weighted by atomic mass is 10.1. The lowest BCUT2D eigenvalue weighted by Crippen LogP contribution is -2.54. The van der Waals surface area contributed by atoms with Crippen molar-refractivity contribution in [3.05, 3.63) is 76.1 Å². The topological polar surface area (TPSA) is 75.7 Å². The molecule has 0 aromatic heterocycles. The molecule has 6 nitrogen and oxygen atoms in total. The molecular formula is C20H13Cl2FN2O4. The largest absolute Gasteiger partial charge is 0.487 e. The fourth-order valence-corrected chi connectivity index (χ4v) is 3.18. The molecule has 29 heavy (non-hydrogen) atoms. The first-order valence-corrected chi connectivity index (χ1v) is 8.97. The van der Waals surface area contributed by atoms with E-state index in [-0.39, 0.29) is 39.2 Å². The van der Waals surface area contributed by atoms with E-state index in [0.717, 1.165) is 17.0 Å². The Kier molecular flexibility index (Phi) is 6.00. The SMILES string of the molecule is C=CCOc1c(Cl)cc(Cl)cc1/C=C1\C(=O)NC(=O)N(c2ccc(F)cc2)C1=O. The first-order valence-electron chi connectivity index (χ1n) is 8.21. The van der Waals surface area contributed by atoms with Crippen LogP contribution in [0.3, 0.4) is 0 Å². The second-order valence-corrected chi connectivity index (χ2v) is 6.68. The Labute approximate surface area is 175 Å². The molecule has 2 aromatic rings. The molecule has 0 unspecified atom stereocenters. The van der Waals surface area contributed by atoms with Crippen molar-refractivity contribution < 1.29 is 23.5 Å². The second-order valence-electron chi connectivity index (χ2n) is 5.84. The fourth-order valence-electron chi connectivity index (χ4n) is 2.62. The predicted octanol–water partition coefficient (Wildman–Crippen LogP) is 4.36. The zero-order valence-corrected chi connectivity index (χ0v) is 16.3. The summed E-state index contributed by atoms with van der Waals surface area (Å²) in [5, 5.41) is 2.50. The van der Waals surface area contributed by atoms with E-state index in [1.54, 1.807) is 0 Å². The van der Waals surface area contributed by atoms with Crippen molar-refractivity contribution in [1.82, 2.24) is 5.32 Å². The highest BCUT2D eigenvalue weighted by Crippen LogP contribution is 2.34. The Morgan fingerprint density at radius 2 is 1.83 bits per heavy atom. The van der Waals surface area contributed by atoms with E-state index in [0.29, 0.717) is 0 Å². The summed E-state index contributed by atoms with van der Waals surface area (Å²) in [7, 11) is 0. The summed E-state index contributed by atoms with van der Waals surface area (Å²) in [5.41, 5.74) is 0.00604. The van der Waals surface area contributed by atoms with Crippen molar-refractivity contribution in [2.24, 2.45) is 0 Å². The number of anilines is 1. The van der Waals surface area contributed by atoms with E-state index >= 15 is 0 Å². The molecule has 3 rings (SSSR count). The number of carbonyl (C=O) groups excluding carboxylic acids is 3. The van der Waals surface area contributed by atoms with Crippen molar-refractivity contribution in [3.63, 3.8) is 0 Å². The van der Waals surface area contributed by atoms with Crippen LogP contribution in [0.4, 0.5) is 14.9 Å². The van der Waals surface area contributed by atoms with E-state index in [2.05, 4.69) is 11.9 Å². The van der Waals surface area contributed by atoms with E-state index in [4.69, 9.17) is 27.9 Å². The lowest BCUT2D eigenvalue weighted by Gasteiger charge is -2.26. The molecule has 1 heterocycles. The Hall–Kier alpha value is -3.16. The number of halogens is 3. The van der Waals surface area contributed by atoms with Gasteiger partial charge in [0.2, 0.25) is 0 Å². The van der Waals surface area contributed by atoms with Gasteiger partial charge in [0.15, 0.2) is 0 Å². The van der Waals surface area contributed by atoms with Gasteiger partial charge in [-0.15, -0.1) is 0 Å². The summed E-state index contributed by atoms with van der Waals surface area (Å²) < 4.78 is 18.7. The molecule has 148 valence electrons. The molecule has 0 bridgehead atoms. The van der Waals surface area contributed by atoms with Gasteiger partial charge < -0.3 is 4.74 Å². The highest BCUT2D eigenvalue weighted by molar-refractivity contribution is 6.40. The van der Waals surface area contributed by atoms with Crippen LogP contribution >= 0.6 is 23.2 Å². The van der Waals surface area contributed by atoms with Crippen LogP contribution in [-0.4, -0.2) is 24.5 Å². The zero-order chi connectivity index (χ0) is 21.1. The summed E-state index contributed by atoms with van der Waals surface area (Å²) in [6.07, 6.45) is 2.71. The average molecular weight is 435 g/mol. The van der Waals surface area contributed by atoms with Gasteiger partial charge in [-0.05, 0) is 42.5 Å². The number of benzene rings is 2. The number of urea groups is 1. The Balaban J connectivity index is 2.07. The Morgan fingerprint density at radius 1 is 1.14 bits per heavy atom. The van der Waals surface area contributed by atoms with Crippen LogP contribution in [0, 0.1) is 5.82 Å². The summed E-state index contributed by atoms with van der Waals surface area (Å²) in [5.74, 6) is -2.14.